The number of anilines is 2. The molecule has 0 aliphatic carbocycles. The van der Waals surface area contributed by atoms with Gasteiger partial charge in [-0.3, -0.25) is 19.4 Å². The molecule has 2 unspecified atom stereocenters. The van der Waals surface area contributed by atoms with Crippen molar-refractivity contribution in [1.82, 2.24) is 5.01 Å². The summed E-state index contributed by atoms with van der Waals surface area (Å²) in [5.41, 5.74) is 1.08. The average Bonchev–Trinajstić information content (AvgIpc) is 3.28. The van der Waals surface area contributed by atoms with Gasteiger partial charge in [-0.05, 0) is 55.6 Å². The summed E-state index contributed by atoms with van der Waals surface area (Å²) in [7, 11) is 0. The van der Waals surface area contributed by atoms with Crippen molar-refractivity contribution in [2.45, 2.75) is 23.9 Å². The normalized spacial score (nSPS) is 19.7. The van der Waals surface area contributed by atoms with E-state index in [-0.39, 0.29) is 12.5 Å². The van der Waals surface area contributed by atoms with Crippen molar-refractivity contribution < 1.29 is 19.1 Å². The molecular weight excluding hydrogens is 418 g/mol. The van der Waals surface area contributed by atoms with Crippen LogP contribution in [0, 0.1) is 0 Å². The Balaban J connectivity index is 1.45. The maximum absolute atomic E-state index is 13.0. The molecule has 0 saturated carbocycles. The lowest BCUT2D eigenvalue weighted by Crippen LogP contribution is -2.43. The number of carbonyl (C=O) groups is 3. The summed E-state index contributed by atoms with van der Waals surface area (Å²) in [5, 5.41) is 11.9. The summed E-state index contributed by atoms with van der Waals surface area (Å²) in [4.78, 5) is 40.4. The number of ether oxygens (including phenoxy) is 1. The Morgan fingerprint density at radius 1 is 1.16 bits per heavy atom. The minimum absolute atomic E-state index is 0.190. The summed E-state index contributed by atoms with van der Waals surface area (Å²) < 4.78 is 5.40. The second-order valence-corrected chi connectivity index (χ2v) is 7.79. The molecule has 2 aromatic carbocycles. The molecule has 4 rings (SSSR count). The molecule has 9 nitrogen and oxygen atoms in total. The Kier molecular flexibility index (Phi) is 5.90. The van der Waals surface area contributed by atoms with E-state index in [0.717, 1.165) is 9.80 Å². The summed E-state index contributed by atoms with van der Waals surface area (Å²) >= 11 is 1.57. The second kappa shape index (κ2) is 8.76. The lowest BCUT2D eigenvalue weighted by atomic mass is 10.1. The lowest BCUT2D eigenvalue weighted by molar-refractivity contribution is -0.123. The molecule has 0 spiro atoms. The molecule has 2 aromatic rings. The predicted molar refractivity (Wildman–Crippen MR) is 116 cm³/mol. The molecule has 10 heteroatoms. The maximum atomic E-state index is 13.0. The van der Waals surface area contributed by atoms with Gasteiger partial charge < -0.3 is 10.1 Å². The van der Waals surface area contributed by atoms with Gasteiger partial charge in [-0.15, -0.1) is 11.8 Å². The van der Waals surface area contributed by atoms with Crippen molar-refractivity contribution in [3.63, 3.8) is 0 Å². The van der Waals surface area contributed by atoms with E-state index < -0.39 is 23.9 Å². The molecule has 0 radical (unpaired) electrons. The van der Waals surface area contributed by atoms with Gasteiger partial charge in [-0.25, -0.2) is 4.90 Å². The Labute approximate surface area is 183 Å². The quantitative estimate of drug-likeness (QED) is 0.526. The van der Waals surface area contributed by atoms with Crippen LogP contribution in [-0.4, -0.2) is 54.2 Å². The SMILES string of the molecule is CCOc1ccc(N2C(=O)C3N=NN(CC(=O)Nc4cccc(SC)c4)C3C2=O)cc1. The van der Waals surface area contributed by atoms with E-state index in [2.05, 4.69) is 15.7 Å². The Morgan fingerprint density at radius 3 is 2.65 bits per heavy atom. The number of carbonyl (C=O) groups excluding carboxylic acids is 3. The number of hydrogen-bond acceptors (Lipinski definition) is 8. The summed E-state index contributed by atoms with van der Waals surface area (Å²) in [6, 6.07) is 12.2. The zero-order valence-corrected chi connectivity index (χ0v) is 17.8. The lowest BCUT2D eigenvalue weighted by Gasteiger charge is -2.20. The van der Waals surface area contributed by atoms with Gasteiger partial charge in [-0.1, -0.05) is 11.3 Å². The van der Waals surface area contributed by atoms with Crippen LogP contribution >= 0.6 is 11.8 Å². The van der Waals surface area contributed by atoms with Crippen LogP contribution in [-0.2, 0) is 14.4 Å². The number of thioether (sulfide) groups is 1. The van der Waals surface area contributed by atoms with Gasteiger partial charge >= 0.3 is 0 Å². The van der Waals surface area contributed by atoms with Crippen LogP contribution < -0.4 is 15.0 Å². The van der Waals surface area contributed by atoms with Crippen molar-refractivity contribution >= 4 is 40.9 Å². The number of hydrogen-bond donors (Lipinski definition) is 1. The van der Waals surface area contributed by atoms with E-state index in [0.29, 0.717) is 23.7 Å². The van der Waals surface area contributed by atoms with E-state index in [1.807, 2.05) is 31.4 Å². The molecular formula is C21H21N5O4S. The number of nitrogens with one attached hydrogen (secondary N) is 1. The van der Waals surface area contributed by atoms with Crippen LogP contribution in [0.3, 0.4) is 0 Å². The van der Waals surface area contributed by atoms with Crippen LogP contribution in [0.25, 0.3) is 0 Å². The molecule has 1 N–H and O–H groups in total. The molecule has 2 aliphatic heterocycles. The minimum atomic E-state index is -0.952. The molecule has 160 valence electrons. The van der Waals surface area contributed by atoms with Crippen LogP contribution in [0.1, 0.15) is 6.92 Å². The highest BCUT2D eigenvalue weighted by molar-refractivity contribution is 7.98. The van der Waals surface area contributed by atoms with Crippen LogP contribution in [0.5, 0.6) is 5.75 Å². The predicted octanol–water partition coefficient (Wildman–Crippen LogP) is 2.74. The first-order valence-electron chi connectivity index (χ1n) is 9.74. The molecule has 1 saturated heterocycles. The fourth-order valence-electron chi connectivity index (χ4n) is 3.51. The second-order valence-electron chi connectivity index (χ2n) is 6.91. The van der Waals surface area contributed by atoms with Gasteiger partial charge in [-0.2, -0.15) is 5.11 Å². The highest BCUT2D eigenvalue weighted by Crippen LogP contribution is 2.32. The average molecular weight is 439 g/mol. The fraction of sp³-hybridized carbons (Fsp3) is 0.286. The first-order chi connectivity index (χ1) is 15.0. The van der Waals surface area contributed by atoms with Gasteiger partial charge in [0.25, 0.3) is 11.8 Å². The smallest absolute Gasteiger partial charge is 0.263 e. The standard InChI is InChI=1S/C21H21N5O4S/c1-3-30-15-9-7-14(8-10-15)26-20(28)18-19(21(26)29)25(24-23-18)12-17(27)22-13-5-4-6-16(11-13)31-2/h4-11,18-19H,3,12H2,1-2H3,(H,22,27). The van der Waals surface area contributed by atoms with E-state index in [4.69, 9.17) is 4.74 Å². The number of fused-ring (bicyclic) bond motifs is 1. The monoisotopic (exact) mass is 439 g/mol. The van der Waals surface area contributed by atoms with Gasteiger partial charge in [0, 0.05) is 10.6 Å². The highest BCUT2D eigenvalue weighted by Gasteiger charge is 2.55. The zero-order chi connectivity index (χ0) is 22.0. The first kappa shape index (κ1) is 20.9. The van der Waals surface area contributed by atoms with Crippen LogP contribution in [0.15, 0.2) is 63.8 Å². The number of nitrogens with zero attached hydrogens (tertiary/aromatic N) is 4. The van der Waals surface area contributed by atoms with Crippen molar-refractivity contribution in [3.05, 3.63) is 48.5 Å². The van der Waals surface area contributed by atoms with E-state index in [9.17, 15) is 14.4 Å². The topological polar surface area (TPSA) is 104 Å². The number of benzene rings is 2. The largest absolute Gasteiger partial charge is 0.494 e. The maximum Gasteiger partial charge on any atom is 0.263 e. The first-order valence-corrected chi connectivity index (χ1v) is 11.0. The van der Waals surface area contributed by atoms with Crippen molar-refractivity contribution in [1.29, 1.82) is 0 Å². The third kappa shape index (κ3) is 4.11. The molecule has 31 heavy (non-hydrogen) atoms. The molecule has 2 heterocycles. The van der Waals surface area contributed by atoms with Gasteiger partial charge in [0.15, 0.2) is 12.1 Å². The third-order valence-corrected chi connectivity index (χ3v) is 5.65. The molecule has 3 amide bonds. The highest BCUT2D eigenvalue weighted by atomic mass is 32.2. The molecule has 2 atom stereocenters. The van der Waals surface area contributed by atoms with Crippen LogP contribution in [0.2, 0.25) is 0 Å². The molecule has 0 bridgehead atoms. The molecule has 0 aromatic heterocycles. The van der Waals surface area contributed by atoms with Crippen molar-refractivity contribution in [3.8, 4) is 5.75 Å². The summed E-state index contributed by atoms with van der Waals surface area (Å²) in [6.07, 6.45) is 1.95. The van der Waals surface area contributed by atoms with E-state index in [1.165, 1.54) is 5.01 Å². The fourth-order valence-corrected chi connectivity index (χ4v) is 3.97. The zero-order valence-electron chi connectivity index (χ0n) is 17.0. The summed E-state index contributed by atoms with van der Waals surface area (Å²) in [6.45, 7) is 2.20. The number of rotatable bonds is 7. The Morgan fingerprint density at radius 2 is 1.94 bits per heavy atom. The van der Waals surface area contributed by atoms with Crippen LogP contribution in [0.4, 0.5) is 11.4 Å². The number of imide groups is 1. The minimum Gasteiger partial charge on any atom is -0.494 e. The molecule has 2 aliphatic rings. The van der Waals surface area contributed by atoms with E-state index >= 15 is 0 Å². The number of amides is 3. The van der Waals surface area contributed by atoms with Crippen molar-refractivity contribution in [2.24, 2.45) is 10.3 Å². The Hall–Kier alpha value is -3.40. The molecule has 1 fully saturated rings. The van der Waals surface area contributed by atoms with Gasteiger partial charge in [0.05, 0.1) is 12.3 Å². The van der Waals surface area contributed by atoms with Crippen molar-refractivity contribution in [2.75, 3.05) is 29.6 Å². The third-order valence-electron chi connectivity index (χ3n) is 4.92. The van der Waals surface area contributed by atoms with Gasteiger partial charge in [0.1, 0.15) is 12.3 Å². The Bertz CT molecular complexity index is 1040. The van der Waals surface area contributed by atoms with Gasteiger partial charge in [0.2, 0.25) is 5.91 Å². The van der Waals surface area contributed by atoms with E-state index in [1.54, 1.807) is 42.1 Å². The summed E-state index contributed by atoms with van der Waals surface area (Å²) in [5.74, 6) is -0.619.